The Morgan fingerprint density at radius 1 is 1.27 bits per heavy atom. The zero-order chi connectivity index (χ0) is 18.1. The monoisotopic (exact) mass is 386 g/mol. The highest BCUT2D eigenvalue weighted by Gasteiger charge is 2.42. The average molecular weight is 387 g/mol. The van der Waals surface area contributed by atoms with Crippen LogP contribution in [0.25, 0.3) is 0 Å². The number of halogens is 1. The number of benzene rings is 2. The highest BCUT2D eigenvalue weighted by Crippen LogP contribution is 2.31. The highest BCUT2D eigenvalue weighted by atomic mass is 35.5. The number of nitrogens with zero attached hydrogens (tertiary/aromatic N) is 2. The average Bonchev–Trinajstić information content (AvgIpc) is 3.10. The molecule has 2 aromatic rings. The molecular weight excluding hydrogens is 368 g/mol. The first-order valence-electron chi connectivity index (χ1n) is 8.46. The van der Waals surface area contributed by atoms with Crippen LogP contribution in [0.15, 0.2) is 53.5 Å². The molecule has 0 saturated carbocycles. The van der Waals surface area contributed by atoms with E-state index in [4.69, 9.17) is 16.6 Å². The van der Waals surface area contributed by atoms with Gasteiger partial charge in [-0.15, -0.1) is 0 Å². The first-order valence-corrected chi connectivity index (χ1v) is 9.82. The minimum atomic E-state index is -0.224. The lowest BCUT2D eigenvalue weighted by atomic mass is 10.0. The van der Waals surface area contributed by atoms with Gasteiger partial charge in [0.05, 0.1) is 11.6 Å². The number of hydrogen-bond acceptors (Lipinski definition) is 5. The number of aliphatic imine (C=N–C) groups is 1. The molecule has 7 heteroatoms. The van der Waals surface area contributed by atoms with E-state index in [0.717, 1.165) is 11.4 Å². The summed E-state index contributed by atoms with van der Waals surface area (Å²) in [5.74, 6) is 0.572. The van der Waals surface area contributed by atoms with Crippen molar-refractivity contribution in [1.29, 1.82) is 0 Å². The van der Waals surface area contributed by atoms with E-state index in [-0.39, 0.29) is 18.0 Å². The first kappa shape index (κ1) is 17.5. The third kappa shape index (κ3) is 3.50. The Hall–Kier alpha value is -1.86. The van der Waals surface area contributed by atoms with Gasteiger partial charge in [0.2, 0.25) is 5.91 Å². The van der Waals surface area contributed by atoms with Crippen LogP contribution in [0.4, 0.5) is 5.69 Å². The fourth-order valence-electron chi connectivity index (χ4n) is 3.05. The second-order valence-corrected chi connectivity index (χ2v) is 7.79. The molecule has 4 rings (SSSR count). The van der Waals surface area contributed by atoms with Crippen molar-refractivity contribution < 1.29 is 4.79 Å². The van der Waals surface area contributed by atoms with Crippen LogP contribution in [0.5, 0.6) is 0 Å². The van der Waals surface area contributed by atoms with Crippen molar-refractivity contribution in [2.45, 2.75) is 18.8 Å². The highest BCUT2D eigenvalue weighted by molar-refractivity contribution is 8.13. The van der Waals surface area contributed by atoms with Gasteiger partial charge in [0.15, 0.2) is 5.17 Å². The smallest absolute Gasteiger partial charge is 0.241 e. The summed E-state index contributed by atoms with van der Waals surface area (Å²) in [6, 6.07) is 15.7. The maximum atomic E-state index is 13.1. The molecule has 0 radical (unpaired) electrons. The molecule has 2 aliphatic rings. The van der Waals surface area contributed by atoms with Gasteiger partial charge in [-0.1, -0.05) is 59.3 Å². The van der Waals surface area contributed by atoms with E-state index in [1.54, 1.807) is 28.8 Å². The summed E-state index contributed by atoms with van der Waals surface area (Å²) in [6.45, 7) is 2.64. The molecule has 26 heavy (non-hydrogen) atoms. The second kappa shape index (κ2) is 7.40. The molecule has 0 bridgehead atoms. The molecule has 0 aliphatic carbocycles. The topological polar surface area (TPSA) is 56.7 Å². The van der Waals surface area contributed by atoms with E-state index in [2.05, 4.69) is 42.0 Å². The quantitative estimate of drug-likeness (QED) is 0.849. The Kier molecular flexibility index (Phi) is 5.00. The van der Waals surface area contributed by atoms with Gasteiger partial charge in [0.25, 0.3) is 0 Å². The number of thioether (sulfide) groups is 1. The van der Waals surface area contributed by atoms with Crippen LogP contribution >= 0.6 is 23.4 Å². The molecule has 1 saturated heterocycles. The largest absolute Gasteiger partial charge is 0.274 e. The van der Waals surface area contributed by atoms with Crippen LogP contribution in [0.1, 0.15) is 11.1 Å². The third-order valence-corrected chi connectivity index (χ3v) is 5.75. The van der Waals surface area contributed by atoms with Crippen molar-refractivity contribution in [2.24, 2.45) is 10.9 Å². The number of aryl methyl sites for hydroxylation is 1. The number of hydrazine groups is 1. The van der Waals surface area contributed by atoms with Gasteiger partial charge in [0, 0.05) is 17.3 Å². The van der Waals surface area contributed by atoms with E-state index in [1.807, 2.05) is 12.1 Å². The number of carbonyl (C=O) groups is 1. The Labute approximate surface area is 161 Å². The van der Waals surface area contributed by atoms with Crippen LogP contribution in [0, 0.1) is 12.8 Å². The molecule has 2 unspecified atom stereocenters. The molecule has 2 N–H and O–H groups in total. The van der Waals surface area contributed by atoms with E-state index in [9.17, 15) is 4.79 Å². The summed E-state index contributed by atoms with van der Waals surface area (Å²) < 4.78 is 0. The fraction of sp³-hybridized carbons (Fsp3) is 0.263. The van der Waals surface area contributed by atoms with Crippen LogP contribution in [-0.4, -0.2) is 23.8 Å². The second-order valence-electron chi connectivity index (χ2n) is 6.42. The lowest BCUT2D eigenvalue weighted by Crippen LogP contribution is -2.49. The predicted molar refractivity (Wildman–Crippen MR) is 107 cm³/mol. The lowest BCUT2D eigenvalue weighted by Gasteiger charge is -2.32. The van der Waals surface area contributed by atoms with Crippen molar-refractivity contribution in [3.8, 4) is 0 Å². The van der Waals surface area contributed by atoms with Crippen molar-refractivity contribution in [3.05, 3.63) is 64.7 Å². The molecule has 0 spiro atoms. The summed E-state index contributed by atoms with van der Waals surface area (Å²) in [6.07, 6.45) is -0.224. The van der Waals surface area contributed by atoms with E-state index in [0.29, 0.717) is 16.7 Å². The lowest BCUT2D eigenvalue weighted by molar-refractivity contribution is -0.121. The van der Waals surface area contributed by atoms with Crippen LogP contribution in [0.3, 0.4) is 0 Å². The van der Waals surface area contributed by atoms with Gasteiger partial charge in [0.1, 0.15) is 6.17 Å². The number of hydrogen-bond donors (Lipinski definition) is 2. The number of amidine groups is 1. The normalized spacial score (nSPS) is 22.3. The number of nitrogens with one attached hydrogen (secondary N) is 2. The summed E-state index contributed by atoms with van der Waals surface area (Å²) in [5, 5.41) is 1.29. The summed E-state index contributed by atoms with van der Waals surface area (Å²) in [5.41, 5.74) is 9.30. The number of anilines is 1. The molecule has 134 valence electrons. The maximum Gasteiger partial charge on any atom is 0.241 e. The Balaban J connectivity index is 1.63. The van der Waals surface area contributed by atoms with Gasteiger partial charge in [-0.05, 0) is 30.7 Å². The third-order valence-electron chi connectivity index (χ3n) is 4.49. The number of fused-ring (bicyclic) bond motifs is 1. The van der Waals surface area contributed by atoms with Crippen LogP contribution < -0.4 is 15.8 Å². The first-order chi connectivity index (χ1) is 12.6. The number of amides is 1. The number of carbonyl (C=O) groups excluding carboxylic acids is 1. The molecule has 0 aromatic heterocycles. The Morgan fingerprint density at radius 2 is 2.08 bits per heavy atom. The van der Waals surface area contributed by atoms with Gasteiger partial charge >= 0.3 is 0 Å². The van der Waals surface area contributed by atoms with E-state index in [1.165, 1.54) is 11.1 Å². The van der Waals surface area contributed by atoms with E-state index < -0.39 is 0 Å². The fourth-order valence-corrected chi connectivity index (χ4v) is 4.24. The van der Waals surface area contributed by atoms with Gasteiger partial charge in [-0.2, -0.15) is 0 Å². The molecule has 2 aromatic carbocycles. The minimum absolute atomic E-state index is 0.0381. The molecule has 1 amide bonds. The SMILES string of the molecule is Cc1ccc(CSC2=NC3NNCC3C(=O)N2c2cccc(Cl)c2)cc1. The van der Waals surface area contributed by atoms with Crippen LogP contribution in [-0.2, 0) is 10.5 Å². The van der Waals surface area contributed by atoms with Crippen molar-refractivity contribution in [1.82, 2.24) is 10.9 Å². The zero-order valence-electron chi connectivity index (χ0n) is 14.3. The maximum absolute atomic E-state index is 13.1. The molecular formula is C19H19ClN4OS. The molecule has 2 atom stereocenters. The Morgan fingerprint density at radius 3 is 2.85 bits per heavy atom. The predicted octanol–water partition coefficient (Wildman–Crippen LogP) is 3.33. The van der Waals surface area contributed by atoms with Crippen molar-refractivity contribution in [3.63, 3.8) is 0 Å². The van der Waals surface area contributed by atoms with Crippen molar-refractivity contribution in [2.75, 3.05) is 11.4 Å². The summed E-state index contributed by atoms with van der Waals surface area (Å²) in [7, 11) is 0. The van der Waals surface area contributed by atoms with E-state index >= 15 is 0 Å². The van der Waals surface area contributed by atoms with Gasteiger partial charge in [-0.25, -0.2) is 10.4 Å². The van der Waals surface area contributed by atoms with Crippen LogP contribution in [0.2, 0.25) is 5.02 Å². The molecule has 2 aliphatic heterocycles. The summed E-state index contributed by atoms with van der Waals surface area (Å²) in [4.78, 5) is 19.6. The van der Waals surface area contributed by atoms with Crippen molar-refractivity contribution >= 4 is 40.1 Å². The molecule has 1 fully saturated rings. The zero-order valence-corrected chi connectivity index (χ0v) is 15.8. The number of rotatable bonds is 3. The standard InChI is InChI=1S/C19H19ClN4OS/c1-12-5-7-13(8-6-12)11-26-19-22-17-16(10-21-23-17)18(25)24(19)15-4-2-3-14(20)9-15/h2-9,16-17,21,23H,10-11H2,1H3. The summed E-state index contributed by atoms with van der Waals surface area (Å²) >= 11 is 7.71. The minimum Gasteiger partial charge on any atom is -0.274 e. The molecule has 2 heterocycles. The van der Waals surface area contributed by atoms with Gasteiger partial charge < -0.3 is 0 Å². The van der Waals surface area contributed by atoms with Gasteiger partial charge in [-0.3, -0.25) is 15.1 Å². The Bertz CT molecular complexity index is 855. The molecule has 5 nitrogen and oxygen atoms in total.